The highest BCUT2D eigenvalue weighted by Crippen LogP contribution is 2.23. The van der Waals surface area contributed by atoms with E-state index in [0.717, 1.165) is 16.3 Å². The second-order valence-corrected chi connectivity index (χ2v) is 7.58. The van der Waals surface area contributed by atoms with Crippen molar-refractivity contribution in [1.29, 1.82) is 0 Å². The molecule has 0 spiro atoms. The summed E-state index contributed by atoms with van der Waals surface area (Å²) in [5.41, 5.74) is 1.59. The Morgan fingerprint density at radius 2 is 1.81 bits per heavy atom. The molecular formula is C15H14BrNO3S. The van der Waals surface area contributed by atoms with E-state index in [1.165, 1.54) is 6.07 Å². The van der Waals surface area contributed by atoms with Gasteiger partial charge in [0.15, 0.2) is 9.84 Å². The van der Waals surface area contributed by atoms with Crippen molar-refractivity contribution < 1.29 is 13.2 Å². The van der Waals surface area contributed by atoms with Crippen LogP contribution in [0.2, 0.25) is 0 Å². The van der Waals surface area contributed by atoms with Gasteiger partial charge in [-0.15, -0.1) is 0 Å². The van der Waals surface area contributed by atoms with Crippen molar-refractivity contribution in [2.75, 3.05) is 11.6 Å². The first kappa shape index (κ1) is 15.7. The van der Waals surface area contributed by atoms with Gasteiger partial charge in [-0.25, -0.2) is 8.42 Å². The SMILES string of the molecule is Cc1ccc(Br)cc1C(=O)Nc1ccccc1S(C)(=O)=O. The van der Waals surface area contributed by atoms with E-state index in [-0.39, 0.29) is 16.5 Å². The summed E-state index contributed by atoms with van der Waals surface area (Å²) in [6, 6.07) is 11.7. The first-order valence-corrected chi connectivity index (χ1v) is 8.84. The number of amides is 1. The third kappa shape index (κ3) is 3.71. The van der Waals surface area contributed by atoms with E-state index >= 15 is 0 Å². The summed E-state index contributed by atoms with van der Waals surface area (Å²) in [6.45, 7) is 1.82. The zero-order chi connectivity index (χ0) is 15.6. The van der Waals surface area contributed by atoms with Gasteiger partial charge >= 0.3 is 0 Å². The molecule has 0 aliphatic carbocycles. The van der Waals surface area contributed by atoms with Gasteiger partial charge < -0.3 is 5.32 Å². The fourth-order valence-corrected chi connectivity index (χ4v) is 3.13. The monoisotopic (exact) mass is 367 g/mol. The highest BCUT2D eigenvalue weighted by molar-refractivity contribution is 9.10. The second-order valence-electron chi connectivity index (χ2n) is 4.68. The molecule has 1 amide bonds. The smallest absolute Gasteiger partial charge is 0.256 e. The molecule has 1 N–H and O–H groups in total. The Morgan fingerprint density at radius 3 is 2.48 bits per heavy atom. The van der Waals surface area contributed by atoms with Gasteiger partial charge in [0.2, 0.25) is 0 Å². The Morgan fingerprint density at radius 1 is 1.14 bits per heavy atom. The molecule has 21 heavy (non-hydrogen) atoms. The molecule has 0 aliphatic heterocycles. The van der Waals surface area contributed by atoms with Gasteiger partial charge in [-0.3, -0.25) is 4.79 Å². The summed E-state index contributed by atoms with van der Waals surface area (Å²) >= 11 is 3.32. The Labute approximate surface area is 132 Å². The van der Waals surface area contributed by atoms with Gasteiger partial charge in [0, 0.05) is 16.3 Å². The van der Waals surface area contributed by atoms with E-state index in [1.807, 2.05) is 19.1 Å². The first-order chi connectivity index (χ1) is 9.79. The molecule has 0 aromatic heterocycles. The van der Waals surface area contributed by atoms with Crippen LogP contribution in [0, 0.1) is 6.92 Å². The largest absolute Gasteiger partial charge is 0.321 e. The summed E-state index contributed by atoms with van der Waals surface area (Å²) < 4.78 is 24.3. The number of anilines is 1. The number of hydrogen-bond donors (Lipinski definition) is 1. The third-order valence-electron chi connectivity index (χ3n) is 2.98. The Kier molecular flexibility index (Phi) is 4.49. The predicted molar refractivity (Wildman–Crippen MR) is 86.4 cm³/mol. The van der Waals surface area contributed by atoms with Crippen molar-refractivity contribution in [2.45, 2.75) is 11.8 Å². The highest BCUT2D eigenvalue weighted by atomic mass is 79.9. The van der Waals surface area contributed by atoms with E-state index in [9.17, 15) is 13.2 Å². The molecule has 110 valence electrons. The van der Waals surface area contributed by atoms with Crippen LogP contribution in [0.1, 0.15) is 15.9 Å². The molecule has 0 aliphatic rings. The summed E-state index contributed by atoms with van der Waals surface area (Å²) in [6.07, 6.45) is 1.11. The van der Waals surface area contributed by atoms with Crippen LogP contribution in [0.4, 0.5) is 5.69 Å². The second kappa shape index (κ2) is 5.99. The number of hydrogen-bond acceptors (Lipinski definition) is 3. The standard InChI is InChI=1S/C15H14BrNO3S/c1-10-7-8-11(16)9-12(10)15(18)17-13-5-3-4-6-14(13)21(2,19)20/h3-9H,1-2H3,(H,17,18). The van der Waals surface area contributed by atoms with E-state index in [2.05, 4.69) is 21.2 Å². The van der Waals surface area contributed by atoms with E-state index in [1.54, 1.807) is 24.3 Å². The third-order valence-corrected chi connectivity index (χ3v) is 4.63. The summed E-state index contributed by atoms with van der Waals surface area (Å²) in [5.74, 6) is -0.343. The van der Waals surface area contributed by atoms with Gasteiger partial charge in [0.25, 0.3) is 5.91 Å². The van der Waals surface area contributed by atoms with Gasteiger partial charge in [-0.05, 0) is 36.8 Å². The van der Waals surface area contributed by atoms with Gasteiger partial charge in [-0.2, -0.15) is 0 Å². The Hall–Kier alpha value is -1.66. The van der Waals surface area contributed by atoms with Crippen molar-refractivity contribution in [3.05, 3.63) is 58.1 Å². The van der Waals surface area contributed by atoms with Crippen LogP contribution in [0.5, 0.6) is 0 Å². The maximum absolute atomic E-state index is 12.3. The maximum atomic E-state index is 12.3. The molecule has 0 bridgehead atoms. The molecule has 6 heteroatoms. The van der Waals surface area contributed by atoms with E-state index < -0.39 is 9.84 Å². The number of carbonyl (C=O) groups is 1. The van der Waals surface area contributed by atoms with Crippen molar-refractivity contribution in [3.8, 4) is 0 Å². The minimum atomic E-state index is -3.40. The molecule has 0 atom stereocenters. The van der Waals surface area contributed by atoms with Crippen molar-refractivity contribution >= 4 is 37.4 Å². The number of rotatable bonds is 3. The van der Waals surface area contributed by atoms with E-state index in [0.29, 0.717) is 5.56 Å². The summed E-state index contributed by atoms with van der Waals surface area (Å²) in [5, 5.41) is 2.66. The van der Waals surface area contributed by atoms with Gasteiger partial charge in [-0.1, -0.05) is 34.1 Å². The fourth-order valence-electron chi connectivity index (χ4n) is 1.92. The normalized spacial score (nSPS) is 11.2. The molecule has 4 nitrogen and oxygen atoms in total. The molecule has 2 aromatic rings. The molecule has 0 saturated carbocycles. The Balaban J connectivity index is 2.39. The topological polar surface area (TPSA) is 63.2 Å². The quantitative estimate of drug-likeness (QED) is 0.903. The molecular weight excluding hydrogens is 354 g/mol. The van der Waals surface area contributed by atoms with Crippen LogP contribution < -0.4 is 5.32 Å². The van der Waals surface area contributed by atoms with Crippen LogP contribution in [-0.4, -0.2) is 20.6 Å². The molecule has 2 aromatic carbocycles. The molecule has 0 fully saturated rings. The van der Waals surface area contributed by atoms with Crippen molar-refractivity contribution in [3.63, 3.8) is 0 Å². The zero-order valence-corrected chi connectivity index (χ0v) is 14.0. The van der Waals surface area contributed by atoms with Gasteiger partial charge in [0.1, 0.15) is 0 Å². The number of nitrogens with one attached hydrogen (secondary N) is 1. The lowest BCUT2D eigenvalue weighted by Gasteiger charge is -2.11. The summed E-state index contributed by atoms with van der Waals surface area (Å²) in [7, 11) is -3.40. The lowest BCUT2D eigenvalue weighted by atomic mass is 10.1. The van der Waals surface area contributed by atoms with Crippen LogP contribution in [-0.2, 0) is 9.84 Å². The van der Waals surface area contributed by atoms with Crippen molar-refractivity contribution in [2.24, 2.45) is 0 Å². The number of para-hydroxylation sites is 1. The number of carbonyl (C=O) groups excluding carboxylic acids is 1. The van der Waals surface area contributed by atoms with Crippen LogP contribution in [0.3, 0.4) is 0 Å². The molecule has 0 unspecified atom stereocenters. The number of benzene rings is 2. The number of sulfone groups is 1. The lowest BCUT2D eigenvalue weighted by molar-refractivity contribution is 0.102. The van der Waals surface area contributed by atoms with Crippen LogP contribution in [0.25, 0.3) is 0 Å². The molecule has 0 heterocycles. The lowest BCUT2D eigenvalue weighted by Crippen LogP contribution is -2.15. The molecule has 0 saturated heterocycles. The van der Waals surface area contributed by atoms with Gasteiger partial charge in [0.05, 0.1) is 10.6 Å². The minimum absolute atomic E-state index is 0.103. The average molecular weight is 368 g/mol. The number of aryl methyl sites for hydroxylation is 1. The predicted octanol–water partition coefficient (Wildman–Crippen LogP) is 3.41. The fraction of sp³-hybridized carbons (Fsp3) is 0.133. The minimum Gasteiger partial charge on any atom is -0.321 e. The Bertz CT molecular complexity index is 800. The average Bonchev–Trinajstić information content (AvgIpc) is 2.41. The van der Waals surface area contributed by atoms with E-state index in [4.69, 9.17) is 0 Å². The zero-order valence-electron chi connectivity index (χ0n) is 11.6. The molecule has 2 rings (SSSR count). The van der Waals surface area contributed by atoms with Crippen LogP contribution in [0.15, 0.2) is 51.8 Å². The van der Waals surface area contributed by atoms with Crippen LogP contribution >= 0.6 is 15.9 Å². The molecule has 0 radical (unpaired) electrons. The maximum Gasteiger partial charge on any atom is 0.256 e. The summed E-state index contributed by atoms with van der Waals surface area (Å²) in [4.78, 5) is 12.4. The van der Waals surface area contributed by atoms with Crippen molar-refractivity contribution in [1.82, 2.24) is 0 Å². The first-order valence-electron chi connectivity index (χ1n) is 6.15. The number of halogens is 1. The highest BCUT2D eigenvalue weighted by Gasteiger charge is 2.16.